The normalized spacial score (nSPS) is 42.6. The van der Waals surface area contributed by atoms with Crippen molar-refractivity contribution >= 4 is 35.0 Å². The van der Waals surface area contributed by atoms with Crippen LogP contribution in [-0.4, -0.2) is 89.7 Å². The topological polar surface area (TPSA) is 106 Å². The van der Waals surface area contributed by atoms with Crippen molar-refractivity contribution in [2.45, 2.75) is 123 Å². The highest BCUT2D eigenvalue weighted by molar-refractivity contribution is 6.21. The molecular weight excluding hydrogens is 514 g/mol. The molecule has 0 spiro atoms. The van der Waals surface area contributed by atoms with Gasteiger partial charge in [-0.3, -0.25) is 9.59 Å². The number of carbonyl (C=O) groups is 2. The van der Waals surface area contributed by atoms with E-state index in [9.17, 15) is 19.1 Å². The first kappa shape index (κ1) is 28.3. The minimum absolute atomic E-state index is 0.0331. The number of ether oxygens (including phenoxy) is 3. The molecule has 8 nitrogen and oxygen atoms in total. The summed E-state index contributed by atoms with van der Waals surface area (Å²) >= 11 is 12.2. The lowest BCUT2D eigenvalue weighted by atomic mass is 9.60. The average Bonchev–Trinajstić information content (AvgIpc) is 2.85. The molecule has 11 heteroatoms. The summed E-state index contributed by atoms with van der Waals surface area (Å²) in [7, 11) is 1.63. The van der Waals surface area contributed by atoms with Crippen LogP contribution in [0.5, 0.6) is 0 Å². The number of alkyl halides is 3. The third-order valence-corrected chi connectivity index (χ3v) is 9.62. The van der Waals surface area contributed by atoms with Crippen molar-refractivity contribution in [1.82, 2.24) is 10.6 Å². The maximum atomic E-state index is 13.8. The molecule has 5 rings (SSSR count). The van der Waals surface area contributed by atoms with Crippen LogP contribution in [0.2, 0.25) is 0 Å². The Morgan fingerprint density at radius 3 is 2.08 bits per heavy atom. The van der Waals surface area contributed by atoms with Gasteiger partial charge in [-0.25, -0.2) is 4.39 Å². The van der Waals surface area contributed by atoms with E-state index < -0.39 is 28.7 Å². The highest BCUT2D eigenvalue weighted by atomic mass is 35.5. The van der Waals surface area contributed by atoms with Gasteiger partial charge in [0.05, 0.1) is 40.7 Å². The summed E-state index contributed by atoms with van der Waals surface area (Å²) in [5, 5.41) is 16.5. The fraction of sp³-hybridized carbons (Fsp3) is 0.920. The molecule has 206 valence electrons. The smallest absolute Gasteiger partial charge is 0.246 e. The van der Waals surface area contributed by atoms with E-state index in [1.165, 1.54) is 0 Å². The summed E-state index contributed by atoms with van der Waals surface area (Å²) in [4.78, 5) is 25.3. The lowest BCUT2D eigenvalue weighted by molar-refractivity contribution is -0.142. The molecule has 2 amide bonds. The number of carbonyl (C=O) groups excluding carboxylic acids is 2. The van der Waals surface area contributed by atoms with Crippen LogP contribution in [0.15, 0.2) is 0 Å². The summed E-state index contributed by atoms with van der Waals surface area (Å²) < 4.78 is 30.7. The predicted molar refractivity (Wildman–Crippen MR) is 133 cm³/mol. The van der Waals surface area contributed by atoms with Crippen LogP contribution in [0.4, 0.5) is 4.39 Å². The number of aliphatic hydroxyl groups is 1. The Morgan fingerprint density at radius 1 is 0.917 bits per heavy atom. The summed E-state index contributed by atoms with van der Waals surface area (Å²) in [5.74, 6) is -0.515. The summed E-state index contributed by atoms with van der Waals surface area (Å²) in [6.07, 6.45) is 4.01. The van der Waals surface area contributed by atoms with E-state index >= 15 is 0 Å². The Labute approximate surface area is 222 Å². The molecule has 5 aliphatic carbocycles. The molecule has 5 fully saturated rings. The number of methoxy groups -OCH3 is 1. The number of nitrogens with one attached hydrogen (secondary N) is 2. The first-order valence-electron chi connectivity index (χ1n) is 13.1. The molecule has 0 heterocycles. The molecule has 36 heavy (non-hydrogen) atoms. The number of halogens is 3. The lowest BCUT2D eigenvalue weighted by Gasteiger charge is -2.56. The Bertz CT molecular complexity index is 784. The van der Waals surface area contributed by atoms with Gasteiger partial charge >= 0.3 is 0 Å². The molecule has 0 aromatic carbocycles. The summed E-state index contributed by atoms with van der Waals surface area (Å²) in [5.41, 5.74) is -1.22. The highest BCUT2D eigenvalue weighted by Gasteiger charge is 2.55. The van der Waals surface area contributed by atoms with E-state index in [0.29, 0.717) is 51.4 Å². The van der Waals surface area contributed by atoms with Crippen LogP contribution >= 0.6 is 23.2 Å². The molecule has 0 aliphatic heterocycles. The minimum Gasteiger partial charge on any atom is -0.391 e. The van der Waals surface area contributed by atoms with Crippen LogP contribution in [-0.2, 0) is 23.8 Å². The summed E-state index contributed by atoms with van der Waals surface area (Å²) in [6.45, 7) is -0.218. The Kier molecular flexibility index (Phi) is 9.43. The number of hydrogen-bond donors (Lipinski definition) is 3. The second-order valence-electron chi connectivity index (χ2n) is 11.1. The van der Waals surface area contributed by atoms with E-state index in [-0.39, 0.29) is 55.1 Å². The van der Waals surface area contributed by atoms with Gasteiger partial charge in [-0.1, -0.05) is 0 Å². The molecule has 2 bridgehead atoms. The average molecular weight is 553 g/mol. The van der Waals surface area contributed by atoms with Gasteiger partial charge in [-0.2, -0.15) is 0 Å². The van der Waals surface area contributed by atoms with Crippen LogP contribution in [0.3, 0.4) is 0 Å². The highest BCUT2D eigenvalue weighted by Crippen LogP contribution is 2.47. The molecule has 6 unspecified atom stereocenters. The van der Waals surface area contributed by atoms with Gasteiger partial charge in [0.1, 0.15) is 19.4 Å². The predicted octanol–water partition coefficient (Wildman–Crippen LogP) is 2.74. The van der Waals surface area contributed by atoms with Crippen molar-refractivity contribution in [1.29, 1.82) is 0 Å². The number of fused-ring (bicyclic) bond motifs is 3. The van der Waals surface area contributed by atoms with E-state index in [4.69, 9.17) is 37.4 Å². The fourth-order valence-corrected chi connectivity index (χ4v) is 6.90. The van der Waals surface area contributed by atoms with Crippen molar-refractivity contribution in [3.05, 3.63) is 0 Å². The van der Waals surface area contributed by atoms with Gasteiger partial charge < -0.3 is 30.0 Å². The monoisotopic (exact) mass is 552 g/mol. The second kappa shape index (κ2) is 12.0. The Balaban J connectivity index is 1.20. The number of aliphatic hydroxyl groups excluding tert-OH is 1. The quantitative estimate of drug-likeness (QED) is 0.380. The standard InChI is InChI=1S/C25H39Cl2FN2O6/c1-34-20-11-16(3-5-18(20)27)36-13-22(32)29-24-6-8-25(9-7-24,21(31)12-24)30-23(33)14-35-15-2-4-17(26)19(28)10-15/h15-21,31H,2-14H2,1H3,(H,29,32)(H,30,33)/t15?,16?,17?,18?,19?,20?,21-,24?,25?/m0/s1. The Morgan fingerprint density at radius 2 is 1.50 bits per heavy atom. The van der Waals surface area contributed by atoms with Crippen molar-refractivity contribution in [3.8, 4) is 0 Å². The molecule has 0 saturated heterocycles. The van der Waals surface area contributed by atoms with Gasteiger partial charge in [-0.05, 0) is 57.8 Å². The third-order valence-electron chi connectivity index (χ3n) is 8.63. The van der Waals surface area contributed by atoms with Gasteiger partial charge in [0.25, 0.3) is 0 Å². The number of amides is 2. The SMILES string of the molecule is COC1CC(OCC(=O)NC23CCC(NC(=O)COC4CCC(Cl)C(F)C4)(CC2)[C@@H](O)C3)CCC1Cl. The van der Waals surface area contributed by atoms with Gasteiger partial charge in [-0.15, -0.1) is 23.2 Å². The molecular formula is C25H39Cl2FN2O6. The van der Waals surface area contributed by atoms with E-state index in [2.05, 4.69) is 10.6 Å². The van der Waals surface area contributed by atoms with Gasteiger partial charge in [0, 0.05) is 25.5 Å². The molecule has 3 N–H and O–H groups in total. The zero-order chi connectivity index (χ0) is 25.9. The minimum atomic E-state index is -1.12. The zero-order valence-corrected chi connectivity index (χ0v) is 22.4. The lowest BCUT2D eigenvalue weighted by Crippen LogP contribution is -2.70. The maximum Gasteiger partial charge on any atom is 0.246 e. The van der Waals surface area contributed by atoms with Gasteiger partial charge in [0.15, 0.2) is 0 Å². The molecule has 0 radical (unpaired) electrons. The molecule has 0 aromatic rings. The van der Waals surface area contributed by atoms with Crippen LogP contribution < -0.4 is 10.6 Å². The third kappa shape index (κ3) is 6.64. The first-order chi connectivity index (χ1) is 17.1. The van der Waals surface area contributed by atoms with Crippen LogP contribution in [0.25, 0.3) is 0 Å². The van der Waals surface area contributed by atoms with Crippen molar-refractivity contribution in [2.24, 2.45) is 0 Å². The van der Waals surface area contributed by atoms with Gasteiger partial charge in [0.2, 0.25) is 11.8 Å². The fourth-order valence-electron chi connectivity index (χ4n) is 6.34. The Hall–Kier alpha value is -0.710. The maximum absolute atomic E-state index is 13.8. The number of rotatable bonds is 9. The molecule has 7 atom stereocenters. The van der Waals surface area contributed by atoms with E-state index in [1.54, 1.807) is 7.11 Å². The van der Waals surface area contributed by atoms with Crippen molar-refractivity contribution < 1.29 is 33.3 Å². The first-order valence-corrected chi connectivity index (χ1v) is 14.0. The van der Waals surface area contributed by atoms with Crippen molar-refractivity contribution in [3.63, 3.8) is 0 Å². The zero-order valence-electron chi connectivity index (χ0n) is 20.9. The van der Waals surface area contributed by atoms with Crippen molar-refractivity contribution in [2.75, 3.05) is 20.3 Å². The molecule has 5 saturated carbocycles. The summed E-state index contributed by atoms with van der Waals surface area (Å²) in [6, 6.07) is 0. The molecule has 0 aromatic heterocycles. The van der Waals surface area contributed by atoms with Crippen LogP contribution in [0.1, 0.15) is 70.6 Å². The second-order valence-corrected chi connectivity index (χ2v) is 12.2. The van der Waals surface area contributed by atoms with Crippen LogP contribution in [0, 0.1) is 0 Å². The number of hydrogen-bond acceptors (Lipinski definition) is 6. The largest absolute Gasteiger partial charge is 0.391 e. The van der Waals surface area contributed by atoms with E-state index in [0.717, 1.165) is 12.8 Å². The van der Waals surface area contributed by atoms with E-state index in [1.807, 2.05) is 0 Å². The molecule has 5 aliphatic rings.